The zero-order chi connectivity index (χ0) is 12.3. The van der Waals surface area contributed by atoms with Crippen LogP contribution in [0.4, 0.5) is 4.39 Å². The quantitative estimate of drug-likeness (QED) is 0.583. The molecule has 4 nitrogen and oxygen atoms in total. The molecule has 0 aliphatic carbocycles. The van der Waals surface area contributed by atoms with Gasteiger partial charge in [-0.25, -0.2) is 4.39 Å². The van der Waals surface area contributed by atoms with Crippen molar-refractivity contribution >= 4 is 26.1 Å². The number of hydrogen-bond acceptors (Lipinski definition) is 4. The van der Waals surface area contributed by atoms with Gasteiger partial charge in [-0.3, -0.25) is 0 Å². The standard InChI is InChI=1S/C8H15BFO4PS/c1-3-15(11,16)14-7-5(4-12-2)13-8(9)6(7)10/h5-8H,3-4H2,1-2H3,(H,11,16)/t5-,6+,7?,8-,15?/m1/s1. The van der Waals surface area contributed by atoms with E-state index in [0.717, 1.165) is 0 Å². The van der Waals surface area contributed by atoms with E-state index in [1.807, 2.05) is 0 Å². The molecular weight excluding hydrogens is 253 g/mol. The maximum atomic E-state index is 13.7. The topological polar surface area (TPSA) is 47.9 Å². The van der Waals surface area contributed by atoms with E-state index in [9.17, 15) is 9.28 Å². The largest absolute Gasteiger partial charge is 0.382 e. The van der Waals surface area contributed by atoms with Crippen LogP contribution >= 0.6 is 6.49 Å². The Balaban J connectivity index is 2.70. The summed E-state index contributed by atoms with van der Waals surface area (Å²) in [5.41, 5.74) is 0. The summed E-state index contributed by atoms with van der Waals surface area (Å²) in [6.07, 6.45) is -2.80. The SMILES string of the molecule is [B][C@@H]1O[C@H](COC)C(OP(O)(=S)CC)[C@@H]1F. The van der Waals surface area contributed by atoms with Crippen LogP contribution in [0.15, 0.2) is 0 Å². The van der Waals surface area contributed by atoms with Gasteiger partial charge in [0.25, 0.3) is 0 Å². The smallest absolute Gasteiger partial charge is 0.186 e. The molecule has 0 aromatic rings. The summed E-state index contributed by atoms with van der Waals surface area (Å²) >= 11 is 4.85. The molecule has 0 aromatic carbocycles. The molecule has 2 unspecified atom stereocenters. The van der Waals surface area contributed by atoms with Crippen molar-refractivity contribution in [3.8, 4) is 0 Å². The first kappa shape index (κ1) is 14.5. The minimum absolute atomic E-state index is 0.151. The first-order chi connectivity index (χ1) is 7.41. The Kier molecular flexibility index (Phi) is 5.36. The fourth-order valence-corrected chi connectivity index (χ4v) is 2.52. The van der Waals surface area contributed by atoms with Crippen LogP contribution in [-0.2, 0) is 25.8 Å². The number of halogens is 1. The lowest BCUT2D eigenvalue weighted by molar-refractivity contribution is -0.0107. The van der Waals surface area contributed by atoms with Crippen molar-refractivity contribution in [1.29, 1.82) is 0 Å². The predicted octanol–water partition coefficient (Wildman–Crippen LogP) is 0.571. The highest BCUT2D eigenvalue weighted by atomic mass is 32.5. The second-order valence-corrected chi connectivity index (χ2v) is 7.39. The Morgan fingerprint density at radius 1 is 1.62 bits per heavy atom. The Labute approximate surface area is 101 Å². The summed E-state index contributed by atoms with van der Waals surface area (Å²) in [5, 5.41) is 0. The normalized spacial score (nSPS) is 38.5. The summed E-state index contributed by atoms with van der Waals surface area (Å²) in [7, 11) is 6.88. The van der Waals surface area contributed by atoms with Crippen molar-refractivity contribution in [1.82, 2.24) is 0 Å². The number of alkyl halides is 1. The van der Waals surface area contributed by atoms with Crippen molar-refractivity contribution in [2.75, 3.05) is 19.9 Å². The van der Waals surface area contributed by atoms with Gasteiger partial charge in [0.15, 0.2) is 6.49 Å². The molecule has 0 bridgehead atoms. The summed E-state index contributed by atoms with van der Waals surface area (Å²) in [6, 6.07) is -1.06. The molecule has 5 atom stereocenters. The van der Waals surface area contributed by atoms with E-state index in [1.54, 1.807) is 6.92 Å². The van der Waals surface area contributed by atoms with Gasteiger partial charge in [0.2, 0.25) is 0 Å². The third kappa shape index (κ3) is 3.49. The highest BCUT2D eigenvalue weighted by Gasteiger charge is 2.45. The van der Waals surface area contributed by atoms with Crippen LogP contribution in [0.2, 0.25) is 0 Å². The molecule has 16 heavy (non-hydrogen) atoms. The van der Waals surface area contributed by atoms with Crippen molar-refractivity contribution in [2.24, 2.45) is 0 Å². The Morgan fingerprint density at radius 2 is 2.25 bits per heavy atom. The van der Waals surface area contributed by atoms with E-state index in [1.165, 1.54) is 7.11 Å². The Morgan fingerprint density at radius 3 is 2.75 bits per heavy atom. The van der Waals surface area contributed by atoms with Gasteiger partial charge in [-0.1, -0.05) is 6.92 Å². The highest BCUT2D eigenvalue weighted by molar-refractivity contribution is 8.09. The molecule has 0 aromatic heterocycles. The van der Waals surface area contributed by atoms with E-state index >= 15 is 0 Å². The van der Waals surface area contributed by atoms with Gasteiger partial charge < -0.3 is 18.9 Å². The van der Waals surface area contributed by atoms with E-state index in [4.69, 9.17) is 33.7 Å². The van der Waals surface area contributed by atoms with Gasteiger partial charge in [0.05, 0.1) is 12.6 Å². The summed E-state index contributed by atoms with van der Waals surface area (Å²) in [4.78, 5) is 9.67. The second kappa shape index (κ2) is 5.89. The molecule has 1 saturated heterocycles. The fourth-order valence-electron chi connectivity index (χ4n) is 1.44. The molecule has 2 radical (unpaired) electrons. The van der Waals surface area contributed by atoms with Crippen molar-refractivity contribution in [2.45, 2.75) is 31.3 Å². The molecule has 1 N–H and O–H groups in total. The van der Waals surface area contributed by atoms with Gasteiger partial charge in [0.1, 0.15) is 26.2 Å². The molecule has 1 fully saturated rings. The van der Waals surface area contributed by atoms with Crippen LogP contribution < -0.4 is 0 Å². The van der Waals surface area contributed by atoms with Crippen LogP contribution in [-0.4, -0.2) is 57.0 Å². The molecule has 1 aliphatic heterocycles. The number of hydrogen-bond donors (Lipinski definition) is 1. The Bertz CT molecular complexity index is 283. The van der Waals surface area contributed by atoms with E-state index < -0.39 is 30.9 Å². The lowest BCUT2D eigenvalue weighted by Gasteiger charge is -2.24. The average Bonchev–Trinajstić information content (AvgIpc) is 2.47. The van der Waals surface area contributed by atoms with Crippen LogP contribution in [0.5, 0.6) is 0 Å². The maximum absolute atomic E-state index is 13.7. The van der Waals surface area contributed by atoms with Crippen LogP contribution in [0, 0.1) is 0 Å². The zero-order valence-corrected chi connectivity index (χ0v) is 10.9. The monoisotopic (exact) mass is 268 g/mol. The molecule has 0 amide bonds. The van der Waals surface area contributed by atoms with Gasteiger partial charge in [0, 0.05) is 13.3 Å². The van der Waals surface area contributed by atoms with E-state index in [2.05, 4.69) is 0 Å². The minimum Gasteiger partial charge on any atom is -0.382 e. The van der Waals surface area contributed by atoms with Crippen molar-refractivity contribution < 1.29 is 23.3 Å². The van der Waals surface area contributed by atoms with Crippen molar-refractivity contribution in [3.63, 3.8) is 0 Å². The fraction of sp³-hybridized carbons (Fsp3) is 1.00. The van der Waals surface area contributed by atoms with Gasteiger partial charge in [-0.15, -0.1) is 0 Å². The summed E-state index contributed by atoms with van der Waals surface area (Å²) < 4.78 is 28.9. The number of methoxy groups -OCH3 is 1. The van der Waals surface area contributed by atoms with Crippen LogP contribution in [0.3, 0.4) is 0 Å². The minimum atomic E-state index is -2.95. The third-order valence-corrected chi connectivity index (χ3v) is 4.75. The molecule has 1 rings (SSSR count). The lowest BCUT2D eigenvalue weighted by atomic mass is 9.94. The lowest BCUT2D eigenvalue weighted by Crippen LogP contribution is -2.34. The highest BCUT2D eigenvalue weighted by Crippen LogP contribution is 2.46. The molecule has 1 aliphatic rings. The molecule has 8 heteroatoms. The number of rotatable bonds is 5. The van der Waals surface area contributed by atoms with Crippen LogP contribution in [0.25, 0.3) is 0 Å². The number of ether oxygens (including phenoxy) is 2. The second-order valence-electron chi connectivity index (χ2n) is 3.56. The molecule has 0 saturated carbocycles. The first-order valence-corrected chi connectivity index (χ1v) is 7.81. The van der Waals surface area contributed by atoms with Crippen LogP contribution in [0.1, 0.15) is 6.92 Å². The summed E-state index contributed by atoms with van der Waals surface area (Å²) in [6.45, 7) is -1.11. The van der Waals surface area contributed by atoms with Gasteiger partial charge in [-0.2, -0.15) is 0 Å². The zero-order valence-electron chi connectivity index (χ0n) is 9.21. The molecule has 0 spiro atoms. The van der Waals surface area contributed by atoms with E-state index in [0.29, 0.717) is 0 Å². The molecular formula is C8H15BFO4PS. The van der Waals surface area contributed by atoms with Gasteiger partial charge in [-0.05, 0) is 11.8 Å². The predicted molar refractivity (Wildman–Crippen MR) is 63.1 cm³/mol. The van der Waals surface area contributed by atoms with Gasteiger partial charge >= 0.3 is 0 Å². The maximum Gasteiger partial charge on any atom is 0.186 e. The van der Waals surface area contributed by atoms with E-state index in [-0.39, 0.29) is 12.8 Å². The third-order valence-electron chi connectivity index (χ3n) is 2.34. The molecule has 1 heterocycles. The molecule has 92 valence electrons. The van der Waals surface area contributed by atoms with Crippen molar-refractivity contribution in [3.05, 3.63) is 0 Å². The summed E-state index contributed by atoms with van der Waals surface area (Å²) in [5.74, 6) is 0. The average molecular weight is 268 g/mol. The Hall–Kier alpha value is 0.485. The first-order valence-electron chi connectivity index (χ1n) is 4.95.